The van der Waals surface area contributed by atoms with Gasteiger partial charge < -0.3 is 29.3 Å². The highest BCUT2D eigenvalue weighted by molar-refractivity contribution is 7.90. The smallest absolute Gasteiger partial charge is 0.413 e. The number of nitrogens with zero attached hydrogens (tertiary/aromatic N) is 5. The Bertz CT molecular complexity index is 2710. The molecule has 3 saturated heterocycles. The first-order chi connectivity index (χ1) is 33.8. The maximum absolute atomic E-state index is 14.1. The minimum atomic E-state index is -4.63. The molecule has 3 aliphatic heterocycles. The summed E-state index contributed by atoms with van der Waals surface area (Å²) < 4.78 is 47.0. The number of aromatic nitrogens is 1. The number of piperidine rings is 1. The number of anilines is 3. The highest BCUT2D eigenvalue weighted by Gasteiger charge is 2.32. The van der Waals surface area contributed by atoms with Crippen molar-refractivity contribution in [1.29, 1.82) is 0 Å². The summed E-state index contributed by atoms with van der Waals surface area (Å²) >= 11 is 6.26. The van der Waals surface area contributed by atoms with Gasteiger partial charge in [-0.05, 0) is 131 Å². The molecule has 2 amide bonds. The standard InChI is InChI=1S/C52H65ClN8O9S/c1-51(2,3)70-50(63)56-48-15-11-41(33-54-48)69-47-30-40(60-26-24-58(25-27-60)34-36-16-21-52(4,5)32-44(36)35-6-8-37(53)9-7-35)10-13-43(47)49(62)57-71(66,67)42-12-14-45(46(31-42)61(64)65)55-38-17-22-59(23-18-38)39-19-28-68-29-20-39/h6-15,30-31,33,38-39,55H,16-29,32,34H2,1-5H3,(H,57,62)(H,54,56,63). The van der Waals surface area contributed by atoms with Gasteiger partial charge in [0.2, 0.25) is 0 Å². The number of likely N-dealkylation sites (tertiary alicyclic amines) is 1. The average Bonchev–Trinajstić information content (AvgIpc) is 3.33. The van der Waals surface area contributed by atoms with Gasteiger partial charge in [-0.1, -0.05) is 43.2 Å². The fraction of sp³-hybridized carbons (Fsp3) is 0.481. The molecule has 4 heterocycles. The van der Waals surface area contributed by atoms with E-state index >= 15 is 0 Å². The summed E-state index contributed by atoms with van der Waals surface area (Å²) in [4.78, 5) is 49.2. The van der Waals surface area contributed by atoms with Crippen molar-refractivity contribution < 1.29 is 37.1 Å². The second kappa shape index (κ2) is 21.9. The number of pyridine rings is 1. The van der Waals surface area contributed by atoms with Gasteiger partial charge in [0.25, 0.3) is 21.6 Å². The molecular weight excluding hydrogens is 948 g/mol. The van der Waals surface area contributed by atoms with Crippen molar-refractivity contribution in [3.05, 3.63) is 111 Å². The third kappa shape index (κ3) is 13.6. The third-order valence-electron chi connectivity index (χ3n) is 13.6. The van der Waals surface area contributed by atoms with Crippen LogP contribution in [-0.2, 0) is 19.5 Å². The van der Waals surface area contributed by atoms with Crippen molar-refractivity contribution >= 4 is 62.1 Å². The molecule has 19 heteroatoms. The first-order valence-electron chi connectivity index (χ1n) is 24.4. The number of allylic oxidation sites excluding steroid dienone is 1. The number of carbonyl (C=O) groups is 2. The molecule has 3 N–H and O–H groups in total. The van der Waals surface area contributed by atoms with E-state index < -0.39 is 43.1 Å². The molecule has 0 unspecified atom stereocenters. The molecule has 1 aliphatic carbocycles. The Morgan fingerprint density at radius 1 is 0.930 bits per heavy atom. The molecule has 71 heavy (non-hydrogen) atoms. The molecule has 4 aromatic rings. The maximum Gasteiger partial charge on any atom is 0.413 e. The normalized spacial score (nSPS) is 18.7. The van der Waals surface area contributed by atoms with Crippen LogP contribution < -0.4 is 25.0 Å². The lowest BCUT2D eigenvalue weighted by Gasteiger charge is -2.39. The number of hydrogen-bond donors (Lipinski definition) is 3. The summed E-state index contributed by atoms with van der Waals surface area (Å²) in [5, 5.41) is 18.9. The topological polar surface area (TPSA) is 198 Å². The molecule has 0 bridgehead atoms. The molecule has 0 saturated carbocycles. The van der Waals surface area contributed by atoms with E-state index in [1.165, 1.54) is 47.2 Å². The van der Waals surface area contributed by atoms with Crippen LogP contribution in [0, 0.1) is 15.5 Å². The number of ether oxygens (including phenoxy) is 3. The van der Waals surface area contributed by atoms with Crippen LogP contribution in [0.4, 0.5) is 27.7 Å². The second-order valence-electron chi connectivity index (χ2n) is 20.7. The molecular formula is C52H65ClN8O9S. The molecule has 4 aliphatic rings. The number of hydrogen-bond acceptors (Lipinski definition) is 14. The van der Waals surface area contributed by atoms with Gasteiger partial charge in [-0.15, -0.1) is 0 Å². The van der Waals surface area contributed by atoms with Crippen LogP contribution >= 0.6 is 11.6 Å². The summed E-state index contributed by atoms with van der Waals surface area (Å²) in [6.45, 7) is 16.8. The molecule has 17 nitrogen and oxygen atoms in total. The van der Waals surface area contributed by atoms with Crippen LogP contribution in [0.5, 0.6) is 11.5 Å². The number of halogens is 1. The second-order valence-corrected chi connectivity index (χ2v) is 22.8. The number of piperazine rings is 1. The van der Waals surface area contributed by atoms with E-state index in [1.54, 1.807) is 39.0 Å². The Morgan fingerprint density at radius 2 is 1.65 bits per heavy atom. The van der Waals surface area contributed by atoms with E-state index in [9.17, 15) is 28.1 Å². The van der Waals surface area contributed by atoms with E-state index in [0.29, 0.717) is 24.2 Å². The number of nitro groups is 1. The van der Waals surface area contributed by atoms with Crippen molar-refractivity contribution in [2.24, 2.45) is 5.41 Å². The van der Waals surface area contributed by atoms with Gasteiger partial charge in [0.15, 0.2) is 0 Å². The number of amides is 2. The lowest BCUT2D eigenvalue weighted by molar-refractivity contribution is -0.384. The fourth-order valence-corrected chi connectivity index (χ4v) is 10.9. The van der Waals surface area contributed by atoms with Crippen molar-refractivity contribution in [3.63, 3.8) is 0 Å². The first kappa shape index (κ1) is 51.6. The summed E-state index contributed by atoms with van der Waals surface area (Å²) in [5.41, 5.74) is 3.96. The summed E-state index contributed by atoms with van der Waals surface area (Å²) in [6, 6.07) is 20.2. The molecule has 380 valence electrons. The molecule has 0 atom stereocenters. The minimum absolute atomic E-state index is 0.0362. The van der Waals surface area contributed by atoms with Gasteiger partial charge in [0.05, 0.1) is 21.6 Å². The van der Waals surface area contributed by atoms with E-state index in [4.69, 9.17) is 25.8 Å². The largest absolute Gasteiger partial charge is 0.455 e. The molecule has 3 aromatic carbocycles. The Morgan fingerprint density at radius 3 is 2.31 bits per heavy atom. The molecule has 3 fully saturated rings. The highest BCUT2D eigenvalue weighted by atomic mass is 35.5. The fourth-order valence-electron chi connectivity index (χ4n) is 9.79. The zero-order chi connectivity index (χ0) is 50.5. The van der Waals surface area contributed by atoms with Crippen molar-refractivity contribution in [1.82, 2.24) is 19.5 Å². The van der Waals surface area contributed by atoms with Gasteiger partial charge in [-0.25, -0.2) is 22.9 Å². The molecule has 1 aromatic heterocycles. The van der Waals surface area contributed by atoms with Crippen LogP contribution in [0.3, 0.4) is 0 Å². The number of nitrogens with one attached hydrogen (secondary N) is 3. The van der Waals surface area contributed by atoms with Gasteiger partial charge in [-0.3, -0.25) is 25.1 Å². The summed E-state index contributed by atoms with van der Waals surface area (Å²) in [6.07, 6.45) is 7.33. The van der Waals surface area contributed by atoms with E-state index in [0.717, 1.165) is 103 Å². The van der Waals surface area contributed by atoms with Crippen molar-refractivity contribution in [3.8, 4) is 11.5 Å². The Hall–Kier alpha value is -5.79. The van der Waals surface area contributed by atoms with Crippen LogP contribution in [0.1, 0.15) is 95.5 Å². The Kier molecular flexibility index (Phi) is 15.9. The lowest BCUT2D eigenvalue weighted by Crippen LogP contribution is -2.47. The van der Waals surface area contributed by atoms with E-state index in [2.05, 4.69) is 61.0 Å². The monoisotopic (exact) mass is 1010 g/mol. The van der Waals surface area contributed by atoms with Crippen LogP contribution in [0.2, 0.25) is 5.02 Å². The Labute approximate surface area is 421 Å². The lowest BCUT2D eigenvalue weighted by atomic mass is 9.72. The third-order valence-corrected chi connectivity index (χ3v) is 15.2. The summed E-state index contributed by atoms with van der Waals surface area (Å²) in [7, 11) is -4.63. The van der Waals surface area contributed by atoms with Crippen LogP contribution in [0.25, 0.3) is 5.57 Å². The van der Waals surface area contributed by atoms with E-state index in [1.807, 2.05) is 12.1 Å². The Balaban J connectivity index is 0.983. The van der Waals surface area contributed by atoms with Crippen LogP contribution in [0.15, 0.2) is 89.5 Å². The number of sulfonamides is 1. The predicted octanol–water partition coefficient (Wildman–Crippen LogP) is 9.74. The molecule has 8 rings (SSSR count). The summed E-state index contributed by atoms with van der Waals surface area (Å²) in [5.74, 6) is -0.564. The van der Waals surface area contributed by atoms with Gasteiger partial charge in [0.1, 0.15) is 28.6 Å². The number of carbonyl (C=O) groups excluding carboxylic acids is 2. The zero-order valence-corrected chi connectivity index (χ0v) is 42.7. The first-order valence-corrected chi connectivity index (χ1v) is 26.3. The predicted molar refractivity (Wildman–Crippen MR) is 275 cm³/mol. The average molecular weight is 1010 g/mol. The zero-order valence-electron chi connectivity index (χ0n) is 41.2. The van der Waals surface area contributed by atoms with Crippen molar-refractivity contribution in [2.75, 3.05) is 74.6 Å². The molecule has 0 radical (unpaired) electrons. The minimum Gasteiger partial charge on any atom is -0.455 e. The van der Waals surface area contributed by atoms with Gasteiger partial charge in [0, 0.05) is 94.0 Å². The van der Waals surface area contributed by atoms with Gasteiger partial charge >= 0.3 is 6.09 Å². The number of rotatable bonds is 14. The quantitative estimate of drug-likeness (QED) is 0.0797. The number of benzene rings is 3. The van der Waals surface area contributed by atoms with Crippen LogP contribution in [-0.4, -0.2) is 117 Å². The van der Waals surface area contributed by atoms with Gasteiger partial charge in [-0.2, -0.15) is 0 Å². The van der Waals surface area contributed by atoms with Crippen molar-refractivity contribution in [2.45, 2.75) is 102 Å². The SMILES string of the molecule is CC1(C)CCC(CN2CCN(c3ccc(C(=O)NS(=O)(=O)c4ccc(NC5CCN(C6CCOCC6)CC5)c([N+](=O)[O-])c4)c(Oc4ccc(NC(=O)OC(C)(C)C)nc4)c3)CC2)=C(c2ccc(Cl)cc2)C1. The molecule has 0 spiro atoms. The maximum atomic E-state index is 14.1. The highest BCUT2D eigenvalue weighted by Crippen LogP contribution is 2.44. The number of nitro benzene ring substituents is 1. The van der Waals surface area contributed by atoms with E-state index in [-0.39, 0.29) is 40.0 Å².